The third-order valence-corrected chi connectivity index (χ3v) is 9.27. The Balaban J connectivity index is 1.08. The van der Waals surface area contributed by atoms with Gasteiger partial charge in [-0.05, 0) is 96.7 Å². The van der Waals surface area contributed by atoms with Crippen LogP contribution >= 0.6 is 0 Å². The molecule has 1 aliphatic rings. The van der Waals surface area contributed by atoms with Crippen molar-refractivity contribution in [2.24, 2.45) is 0 Å². The first-order valence-electron chi connectivity index (χ1n) is 15.4. The quantitative estimate of drug-likeness (QED) is 0.220. The summed E-state index contributed by atoms with van der Waals surface area (Å²) in [5.41, 5.74) is 15.0. The van der Waals surface area contributed by atoms with Crippen LogP contribution in [0.5, 0.6) is 0 Å². The molecule has 0 bridgehead atoms. The van der Waals surface area contributed by atoms with Crippen LogP contribution in [0, 0.1) is 0 Å². The molecule has 0 amide bonds. The van der Waals surface area contributed by atoms with E-state index >= 15 is 0 Å². The topological polar surface area (TPSA) is 12.0 Å². The van der Waals surface area contributed by atoms with Gasteiger partial charge >= 0.3 is 0 Å². The van der Waals surface area contributed by atoms with Gasteiger partial charge in [-0.25, -0.2) is 0 Å². The minimum absolute atomic E-state index is 0.0810. The number of hydrogen-bond donors (Lipinski definition) is 1. The van der Waals surface area contributed by atoms with Crippen LogP contribution in [0.1, 0.15) is 25.0 Å². The summed E-state index contributed by atoms with van der Waals surface area (Å²) in [7, 11) is 0. The van der Waals surface area contributed by atoms with E-state index in [1.165, 1.54) is 66.4 Å². The van der Waals surface area contributed by atoms with Crippen LogP contribution in [0.25, 0.3) is 55.3 Å². The zero-order valence-corrected chi connectivity index (χ0v) is 25.0. The molecule has 0 radical (unpaired) electrons. The molecule has 0 heterocycles. The fourth-order valence-corrected chi connectivity index (χ4v) is 6.96. The molecule has 0 aromatic heterocycles. The van der Waals surface area contributed by atoms with E-state index in [4.69, 9.17) is 0 Å². The van der Waals surface area contributed by atoms with Gasteiger partial charge < -0.3 is 5.32 Å². The lowest BCUT2D eigenvalue weighted by Crippen LogP contribution is -2.15. The summed E-state index contributed by atoms with van der Waals surface area (Å²) in [5, 5.41) is 6.22. The Morgan fingerprint density at radius 3 is 1.80 bits per heavy atom. The second-order valence-electron chi connectivity index (χ2n) is 12.3. The van der Waals surface area contributed by atoms with Gasteiger partial charge in [-0.3, -0.25) is 0 Å². The molecule has 1 nitrogen and oxygen atoms in total. The van der Waals surface area contributed by atoms with E-state index in [1.54, 1.807) is 0 Å². The Hall–Kier alpha value is -5.40. The smallest absolute Gasteiger partial charge is 0.0387 e. The lowest BCUT2D eigenvalue weighted by atomic mass is 9.81. The minimum atomic E-state index is -0.0810. The molecule has 44 heavy (non-hydrogen) atoms. The van der Waals surface area contributed by atoms with Gasteiger partial charge in [0, 0.05) is 16.8 Å². The number of nitrogens with one attached hydrogen (secondary N) is 1. The predicted octanol–water partition coefficient (Wildman–Crippen LogP) is 11.9. The van der Waals surface area contributed by atoms with Crippen molar-refractivity contribution in [2.75, 3.05) is 5.32 Å². The van der Waals surface area contributed by atoms with Crippen molar-refractivity contribution >= 4 is 22.1 Å². The molecule has 7 aromatic rings. The van der Waals surface area contributed by atoms with E-state index in [-0.39, 0.29) is 5.41 Å². The molecule has 0 unspecified atom stereocenters. The molecule has 0 aliphatic heterocycles. The standard InChI is InChI=1S/C43H33N/c1-43(2)41-27-32(29-11-4-3-5-12-29)21-25-39(41)40-26-24-34(28-42(40)43)44-33-22-19-31(20-23-33)36-16-8-9-17-37(36)38-18-10-14-30-13-6-7-15-35(30)38/h3-28,44H,1-2H3. The van der Waals surface area contributed by atoms with Gasteiger partial charge in [0.1, 0.15) is 0 Å². The first kappa shape index (κ1) is 26.2. The fourth-order valence-electron chi connectivity index (χ4n) is 6.96. The highest BCUT2D eigenvalue weighted by Crippen LogP contribution is 2.50. The highest BCUT2D eigenvalue weighted by atomic mass is 14.9. The molecular formula is C43H33N. The molecule has 1 heteroatoms. The number of rotatable bonds is 5. The van der Waals surface area contributed by atoms with Crippen molar-refractivity contribution in [3.63, 3.8) is 0 Å². The summed E-state index contributed by atoms with van der Waals surface area (Å²) in [6, 6.07) is 57.2. The predicted molar refractivity (Wildman–Crippen MR) is 188 cm³/mol. The van der Waals surface area contributed by atoms with Crippen molar-refractivity contribution in [2.45, 2.75) is 19.3 Å². The van der Waals surface area contributed by atoms with Crippen molar-refractivity contribution in [1.82, 2.24) is 0 Å². The largest absolute Gasteiger partial charge is 0.356 e. The normalized spacial score (nSPS) is 13.0. The van der Waals surface area contributed by atoms with Crippen molar-refractivity contribution in [1.29, 1.82) is 0 Å². The second kappa shape index (κ2) is 10.4. The van der Waals surface area contributed by atoms with Gasteiger partial charge in [-0.15, -0.1) is 0 Å². The van der Waals surface area contributed by atoms with Crippen LogP contribution in [0.2, 0.25) is 0 Å². The van der Waals surface area contributed by atoms with Crippen molar-refractivity contribution in [3.8, 4) is 44.5 Å². The molecule has 7 aromatic carbocycles. The Morgan fingerprint density at radius 1 is 0.386 bits per heavy atom. The second-order valence-corrected chi connectivity index (χ2v) is 12.3. The highest BCUT2D eigenvalue weighted by Gasteiger charge is 2.35. The molecule has 0 fully saturated rings. The van der Waals surface area contributed by atoms with Gasteiger partial charge in [0.25, 0.3) is 0 Å². The molecule has 0 atom stereocenters. The van der Waals surface area contributed by atoms with Crippen LogP contribution in [-0.2, 0) is 5.41 Å². The zero-order valence-electron chi connectivity index (χ0n) is 25.0. The van der Waals surface area contributed by atoms with Gasteiger partial charge in [0.2, 0.25) is 0 Å². The molecule has 210 valence electrons. The monoisotopic (exact) mass is 563 g/mol. The molecular weight excluding hydrogens is 530 g/mol. The van der Waals surface area contributed by atoms with Crippen LogP contribution < -0.4 is 5.32 Å². The van der Waals surface area contributed by atoms with Crippen LogP contribution in [-0.4, -0.2) is 0 Å². The average Bonchev–Trinajstić information content (AvgIpc) is 3.30. The van der Waals surface area contributed by atoms with E-state index in [2.05, 4.69) is 177 Å². The number of benzene rings is 7. The van der Waals surface area contributed by atoms with E-state index in [9.17, 15) is 0 Å². The van der Waals surface area contributed by atoms with E-state index in [1.807, 2.05) is 0 Å². The minimum Gasteiger partial charge on any atom is -0.356 e. The Morgan fingerprint density at radius 2 is 0.977 bits per heavy atom. The summed E-state index contributed by atoms with van der Waals surface area (Å²) in [4.78, 5) is 0. The average molecular weight is 564 g/mol. The summed E-state index contributed by atoms with van der Waals surface area (Å²) < 4.78 is 0. The fraction of sp³-hybridized carbons (Fsp3) is 0.0698. The van der Waals surface area contributed by atoms with Crippen LogP contribution in [0.3, 0.4) is 0 Å². The number of hydrogen-bond acceptors (Lipinski definition) is 1. The molecule has 1 aliphatic carbocycles. The summed E-state index contributed by atoms with van der Waals surface area (Å²) in [6.45, 7) is 4.69. The zero-order chi connectivity index (χ0) is 29.7. The van der Waals surface area contributed by atoms with E-state index in [0.29, 0.717) is 0 Å². The molecule has 8 rings (SSSR count). The Bertz CT molecular complexity index is 2150. The van der Waals surface area contributed by atoms with Gasteiger partial charge in [0.05, 0.1) is 0 Å². The SMILES string of the molecule is CC1(C)c2cc(Nc3ccc(-c4ccccc4-c4cccc5ccccc45)cc3)ccc2-c2ccc(-c3ccccc3)cc21. The Labute approximate surface area is 259 Å². The summed E-state index contributed by atoms with van der Waals surface area (Å²) >= 11 is 0. The van der Waals surface area contributed by atoms with Gasteiger partial charge in [0.15, 0.2) is 0 Å². The lowest BCUT2D eigenvalue weighted by molar-refractivity contribution is 0.661. The van der Waals surface area contributed by atoms with Gasteiger partial charge in [-0.1, -0.05) is 141 Å². The van der Waals surface area contributed by atoms with Crippen LogP contribution in [0.15, 0.2) is 158 Å². The summed E-state index contributed by atoms with van der Waals surface area (Å²) in [6.07, 6.45) is 0. The van der Waals surface area contributed by atoms with Crippen LogP contribution in [0.4, 0.5) is 11.4 Å². The van der Waals surface area contributed by atoms with E-state index < -0.39 is 0 Å². The first-order chi connectivity index (χ1) is 21.6. The van der Waals surface area contributed by atoms with E-state index in [0.717, 1.165) is 11.4 Å². The number of anilines is 2. The molecule has 0 saturated heterocycles. The maximum absolute atomic E-state index is 3.68. The molecule has 1 N–H and O–H groups in total. The lowest BCUT2D eigenvalue weighted by Gasteiger charge is -2.23. The molecule has 0 saturated carbocycles. The van der Waals surface area contributed by atoms with Crippen molar-refractivity contribution < 1.29 is 0 Å². The van der Waals surface area contributed by atoms with Crippen molar-refractivity contribution in [3.05, 3.63) is 169 Å². The maximum Gasteiger partial charge on any atom is 0.0387 e. The van der Waals surface area contributed by atoms with Gasteiger partial charge in [-0.2, -0.15) is 0 Å². The molecule has 0 spiro atoms. The summed E-state index contributed by atoms with van der Waals surface area (Å²) in [5.74, 6) is 0. The maximum atomic E-state index is 3.68. The highest BCUT2D eigenvalue weighted by molar-refractivity contribution is 6.00. The Kier molecular flexibility index (Phi) is 6.20. The number of fused-ring (bicyclic) bond motifs is 4. The third kappa shape index (κ3) is 4.41. The first-order valence-corrected chi connectivity index (χ1v) is 15.4. The third-order valence-electron chi connectivity index (χ3n) is 9.27.